The first kappa shape index (κ1) is 14.8. The summed E-state index contributed by atoms with van der Waals surface area (Å²) in [5, 5.41) is 14.1. The molecule has 0 heterocycles. The summed E-state index contributed by atoms with van der Waals surface area (Å²) in [4.78, 5) is 22.6. The average molecular weight is 262 g/mol. The van der Waals surface area contributed by atoms with Crippen LogP contribution in [0.25, 0.3) is 0 Å². The molecule has 0 unspecified atom stereocenters. The predicted molar refractivity (Wildman–Crippen MR) is 72.9 cm³/mol. The third-order valence-electron chi connectivity index (χ3n) is 2.44. The molecule has 0 aliphatic carbocycles. The summed E-state index contributed by atoms with van der Waals surface area (Å²) in [5.74, 6) is -1.06. The molecule has 19 heavy (non-hydrogen) atoms. The molecular weight excluding hydrogens is 244 g/mol. The molecule has 0 bridgehead atoms. The first-order valence-electron chi connectivity index (χ1n) is 5.94. The lowest BCUT2D eigenvalue weighted by Gasteiger charge is -2.15. The van der Waals surface area contributed by atoms with Crippen LogP contribution in [0.15, 0.2) is 42.5 Å². The molecule has 1 atom stereocenters. The Morgan fingerprint density at radius 2 is 1.95 bits per heavy atom. The number of benzene rings is 1. The Kier molecular flexibility index (Phi) is 5.60. The zero-order valence-electron chi connectivity index (χ0n) is 10.8. The van der Waals surface area contributed by atoms with E-state index < -0.39 is 18.0 Å². The monoisotopic (exact) mass is 262 g/mol. The summed E-state index contributed by atoms with van der Waals surface area (Å²) in [6.45, 7) is 5.75. The van der Waals surface area contributed by atoms with E-state index >= 15 is 0 Å². The highest BCUT2D eigenvalue weighted by Gasteiger charge is 2.19. The Balaban J connectivity index is 2.56. The van der Waals surface area contributed by atoms with Gasteiger partial charge in [-0.05, 0) is 12.5 Å². The second kappa shape index (κ2) is 7.20. The summed E-state index contributed by atoms with van der Waals surface area (Å²) < 4.78 is 0. The maximum atomic E-state index is 11.5. The van der Waals surface area contributed by atoms with Crippen LogP contribution in [0.3, 0.4) is 0 Å². The van der Waals surface area contributed by atoms with Crippen LogP contribution in [0.4, 0.5) is 4.79 Å². The van der Waals surface area contributed by atoms with Crippen molar-refractivity contribution in [3.8, 4) is 0 Å². The van der Waals surface area contributed by atoms with Gasteiger partial charge >= 0.3 is 12.0 Å². The minimum Gasteiger partial charge on any atom is -0.480 e. The molecule has 1 aromatic rings. The van der Waals surface area contributed by atoms with Gasteiger partial charge < -0.3 is 15.7 Å². The van der Waals surface area contributed by atoms with Crippen LogP contribution in [0, 0.1) is 0 Å². The van der Waals surface area contributed by atoms with Crippen LogP contribution in [0.1, 0.15) is 12.5 Å². The van der Waals surface area contributed by atoms with Gasteiger partial charge in [0, 0.05) is 13.0 Å². The zero-order valence-corrected chi connectivity index (χ0v) is 10.8. The van der Waals surface area contributed by atoms with E-state index in [1.165, 1.54) is 0 Å². The smallest absolute Gasteiger partial charge is 0.326 e. The molecule has 102 valence electrons. The molecule has 3 N–H and O–H groups in total. The van der Waals surface area contributed by atoms with Gasteiger partial charge in [0.1, 0.15) is 6.04 Å². The fourth-order valence-electron chi connectivity index (χ4n) is 1.49. The summed E-state index contributed by atoms with van der Waals surface area (Å²) in [5.41, 5.74) is 1.65. The maximum Gasteiger partial charge on any atom is 0.326 e. The number of carboxylic acids is 1. The normalized spacial score (nSPS) is 11.4. The van der Waals surface area contributed by atoms with Crippen molar-refractivity contribution < 1.29 is 14.7 Å². The average Bonchev–Trinajstić information content (AvgIpc) is 2.36. The molecule has 1 rings (SSSR count). The molecule has 0 saturated heterocycles. The lowest BCUT2D eigenvalue weighted by molar-refractivity contribution is -0.139. The minimum atomic E-state index is -1.06. The van der Waals surface area contributed by atoms with Gasteiger partial charge in [0.15, 0.2) is 0 Å². The van der Waals surface area contributed by atoms with E-state index in [2.05, 4.69) is 17.2 Å². The second-order valence-corrected chi connectivity index (χ2v) is 4.36. The standard InChI is InChI=1S/C14H18N2O3/c1-10(2)9-15-14(19)16-12(13(17)18)8-11-6-4-3-5-7-11/h3-7,12H,1,8-9H2,2H3,(H,17,18)(H2,15,16,19)/t12-/m0/s1. The van der Waals surface area contributed by atoms with E-state index in [-0.39, 0.29) is 6.42 Å². The largest absolute Gasteiger partial charge is 0.480 e. The Labute approximate surface area is 112 Å². The number of rotatable bonds is 6. The predicted octanol–water partition coefficient (Wildman–Crippen LogP) is 1.56. The van der Waals surface area contributed by atoms with Crippen LogP contribution in [-0.2, 0) is 11.2 Å². The molecule has 0 aliphatic heterocycles. The van der Waals surface area contributed by atoms with Crippen molar-refractivity contribution in [2.45, 2.75) is 19.4 Å². The van der Waals surface area contributed by atoms with Gasteiger partial charge in [-0.1, -0.05) is 42.5 Å². The Bertz CT molecular complexity index is 457. The highest BCUT2D eigenvalue weighted by Crippen LogP contribution is 2.03. The number of nitrogens with one attached hydrogen (secondary N) is 2. The van der Waals surface area contributed by atoms with Crippen LogP contribution >= 0.6 is 0 Å². The highest BCUT2D eigenvalue weighted by molar-refractivity contribution is 5.82. The van der Waals surface area contributed by atoms with E-state index in [0.717, 1.165) is 11.1 Å². The van der Waals surface area contributed by atoms with Crippen molar-refractivity contribution in [3.05, 3.63) is 48.0 Å². The molecule has 0 fully saturated rings. The summed E-state index contributed by atoms with van der Waals surface area (Å²) in [6, 6.07) is 7.70. The van der Waals surface area contributed by atoms with E-state index in [0.29, 0.717) is 6.54 Å². The van der Waals surface area contributed by atoms with E-state index in [1.807, 2.05) is 30.3 Å². The summed E-state index contributed by atoms with van der Waals surface area (Å²) in [6.07, 6.45) is 0.247. The number of hydrogen-bond donors (Lipinski definition) is 3. The van der Waals surface area contributed by atoms with Crippen LogP contribution < -0.4 is 10.6 Å². The highest BCUT2D eigenvalue weighted by atomic mass is 16.4. The second-order valence-electron chi connectivity index (χ2n) is 4.36. The molecule has 2 amide bonds. The fourth-order valence-corrected chi connectivity index (χ4v) is 1.49. The van der Waals surface area contributed by atoms with Crippen molar-refractivity contribution in [2.24, 2.45) is 0 Å². The van der Waals surface area contributed by atoms with Gasteiger partial charge in [0.2, 0.25) is 0 Å². The number of carboxylic acid groups (broad SMARTS) is 1. The maximum absolute atomic E-state index is 11.5. The number of aliphatic carboxylic acids is 1. The number of amides is 2. The molecule has 5 heteroatoms. The molecular formula is C14H18N2O3. The van der Waals surface area contributed by atoms with Crippen molar-refractivity contribution >= 4 is 12.0 Å². The van der Waals surface area contributed by atoms with E-state index in [9.17, 15) is 9.59 Å². The third kappa shape index (κ3) is 5.72. The van der Waals surface area contributed by atoms with Crippen molar-refractivity contribution in [2.75, 3.05) is 6.54 Å². The van der Waals surface area contributed by atoms with Crippen molar-refractivity contribution in [3.63, 3.8) is 0 Å². The molecule has 0 spiro atoms. The quantitative estimate of drug-likeness (QED) is 0.681. The van der Waals surface area contributed by atoms with Gasteiger partial charge in [-0.25, -0.2) is 9.59 Å². The third-order valence-corrected chi connectivity index (χ3v) is 2.44. The van der Waals surface area contributed by atoms with E-state index in [1.54, 1.807) is 6.92 Å². The van der Waals surface area contributed by atoms with Crippen LogP contribution in [-0.4, -0.2) is 29.7 Å². The molecule has 0 radical (unpaired) electrons. The minimum absolute atomic E-state index is 0.247. The molecule has 0 aliphatic rings. The number of carbonyl (C=O) groups excluding carboxylic acids is 1. The molecule has 5 nitrogen and oxygen atoms in total. The van der Waals surface area contributed by atoms with Gasteiger partial charge in [0.25, 0.3) is 0 Å². The number of carbonyl (C=O) groups is 2. The lowest BCUT2D eigenvalue weighted by Crippen LogP contribution is -2.47. The van der Waals surface area contributed by atoms with E-state index in [4.69, 9.17) is 5.11 Å². The SMILES string of the molecule is C=C(C)CNC(=O)N[C@@H](Cc1ccccc1)C(=O)O. The number of urea groups is 1. The van der Waals surface area contributed by atoms with Gasteiger partial charge in [-0.2, -0.15) is 0 Å². The van der Waals surface area contributed by atoms with Crippen LogP contribution in [0.2, 0.25) is 0 Å². The number of hydrogen-bond acceptors (Lipinski definition) is 2. The first-order valence-corrected chi connectivity index (χ1v) is 5.94. The van der Waals surface area contributed by atoms with Crippen molar-refractivity contribution in [1.29, 1.82) is 0 Å². The van der Waals surface area contributed by atoms with Crippen molar-refractivity contribution in [1.82, 2.24) is 10.6 Å². The molecule has 0 aromatic heterocycles. The first-order chi connectivity index (χ1) is 8.99. The lowest BCUT2D eigenvalue weighted by atomic mass is 10.1. The zero-order chi connectivity index (χ0) is 14.3. The fraction of sp³-hybridized carbons (Fsp3) is 0.286. The van der Waals surface area contributed by atoms with Crippen LogP contribution in [0.5, 0.6) is 0 Å². The van der Waals surface area contributed by atoms with Gasteiger partial charge in [0.05, 0.1) is 0 Å². The van der Waals surface area contributed by atoms with Gasteiger partial charge in [-0.3, -0.25) is 0 Å². The topological polar surface area (TPSA) is 78.4 Å². The Morgan fingerprint density at radius 3 is 2.47 bits per heavy atom. The Morgan fingerprint density at radius 1 is 1.32 bits per heavy atom. The van der Waals surface area contributed by atoms with Gasteiger partial charge in [-0.15, -0.1) is 0 Å². The molecule has 1 aromatic carbocycles. The summed E-state index contributed by atoms with van der Waals surface area (Å²) >= 11 is 0. The molecule has 0 saturated carbocycles. The summed E-state index contributed by atoms with van der Waals surface area (Å²) in [7, 11) is 0. The Hall–Kier alpha value is -2.30.